The molecule has 3 aromatic rings. The van der Waals surface area contributed by atoms with Crippen LogP contribution in [0.2, 0.25) is 0 Å². The van der Waals surface area contributed by atoms with Crippen molar-refractivity contribution in [2.24, 2.45) is 0 Å². The van der Waals surface area contributed by atoms with Crippen molar-refractivity contribution >= 4 is 28.6 Å². The van der Waals surface area contributed by atoms with E-state index in [2.05, 4.69) is 10.6 Å². The lowest BCUT2D eigenvalue weighted by molar-refractivity contribution is -0.139. The van der Waals surface area contributed by atoms with Crippen LogP contribution in [-0.4, -0.2) is 35.5 Å². The molecular formula is C24H24N2O4. The fourth-order valence-electron chi connectivity index (χ4n) is 3.34. The largest absolute Gasteiger partial charge is 0.480 e. The average molecular weight is 404 g/mol. The summed E-state index contributed by atoms with van der Waals surface area (Å²) in [6, 6.07) is 18.9. The molecule has 1 unspecified atom stereocenters. The van der Waals surface area contributed by atoms with Gasteiger partial charge in [-0.25, -0.2) is 4.79 Å². The maximum absolute atomic E-state index is 12.8. The van der Waals surface area contributed by atoms with Crippen LogP contribution >= 0.6 is 0 Å². The first-order valence-electron chi connectivity index (χ1n) is 9.82. The highest BCUT2D eigenvalue weighted by atomic mass is 16.4. The molecule has 3 rings (SSSR count). The number of hydrogen-bond acceptors (Lipinski definition) is 3. The number of carbonyl (C=O) groups excluding carboxylic acids is 2. The molecule has 30 heavy (non-hydrogen) atoms. The predicted molar refractivity (Wildman–Crippen MR) is 116 cm³/mol. The zero-order valence-corrected chi connectivity index (χ0v) is 16.7. The molecule has 2 amide bonds. The lowest BCUT2D eigenvalue weighted by Gasteiger charge is -2.16. The standard InChI is InChI=1S/C24H24N2O4/c1-16-13-14-20(19-11-6-5-10-18(16)19)23(28)26-21(24(29)30)12-7-15-25-22(27)17-8-3-2-4-9-17/h2-6,8-11,13-14,21H,7,12,15H2,1H3,(H,25,27)(H,26,28)(H,29,30). The monoisotopic (exact) mass is 404 g/mol. The van der Waals surface area contributed by atoms with Gasteiger partial charge in [0.2, 0.25) is 0 Å². The third-order valence-corrected chi connectivity index (χ3v) is 4.98. The summed E-state index contributed by atoms with van der Waals surface area (Å²) in [4.78, 5) is 36.4. The normalized spacial score (nSPS) is 11.6. The third-order valence-electron chi connectivity index (χ3n) is 4.98. The Bertz CT molecular complexity index is 1060. The van der Waals surface area contributed by atoms with E-state index in [1.54, 1.807) is 30.3 Å². The fraction of sp³-hybridized carbons (Fsp3) is 0.208. The van der Waals surface area contributed by atoms with Crippen molar-refractivity contribution < 1.29 is 19.5 Å². The molecule has 0 aliphatic carbocycles. The average Bonchev–Trinajstić information content (AvgIpc) is 2.76. The van der Waals surface area contributed by atoms with E-state index in [-0.39, 0.29) is 12.3 Å². The number of benzene rings is 3. The third kappa shape index (κ3) is 5.03. The topological polar surface area (TPSA) is 95.5 Å². The van der Waals surface area contributed by atoms with Crippen LogP contribution in [0.5, 0.6) is 0 Å². The van der Waals surface area contributed by atoms with Crippen LogP contribution in [0.15, 0.2) is 66.7 Å². The Labute approximate surface area is 174 Å². The predicted octanol–water partition coefficient (Wildman–Crippen LogP) is 3.54. The van der Waals surface area contributed by atoms with Gasteiger partial charge in [-0.1, -0.05) is 48.5 Å². The molecule has 0 saturated carbocycles. The molecule has 0 aromatic heterocycles. The highest BCUT2D eigenvalue weighted by Crippen LogP contribution is 2.22. The fourth-order valence-corrected chi connectivity index (χ4v) is 3.34. The molecule has 0 aliphatic rings. The van der Waals surface area contributed by atoms with Gasteiger partial charge < -0.3 is 15.7 Å². The molecule has 154 valence electrons. The molecule has 0 heterocycles. The highest BCUT2D eigenvalue weighted by Gasteiger charge is 2.21. The van der Waals surface area contributed by atoms with Gasteiger partial charge in [-0.15, -0.1) is 0 Å². The van der Waals surface area contributed by atoms with Crippen LogP contribution in [-0.2, 0) is 4.79 Å². The van der Waals surface area contributed by atoms with E-state index in [4.69, 9.17) is 0 Å². The van der Waals surface area contributed by atoms with E-state index in [1.807, 2.05) is 43.3 Å². The van der Waals surface area contributed by atoms with Crippen molar-refractivity contribution in [2.75, 3.05) is 6.54 Å². The lowest BCUT2D eigenvalue weighted by atomic mass is 9.99. The second kappa shape index (κ2) is 9.69. The van der Waals surface area contributed by atoms with E-state index < -0.39 is 17.9 Å². The van der Waals surface area contributed by atoms with Gasteiger partial charge in [0.25, 0.3) is 11.8 Å². The van der Waals surface area contributed by atoms with Crippen molar-refractivity contribution in [3.8, 4) is 0 Å². The van der Waals surface area contributed by atoms with Crippen molar-refractivity contribution in [3.05, 3.63) is 83.4 Å². The summed E-state index contributed by atoms with van der Waals surface area (Å²) >= 11 is 0. The zero-order valence-electron chi connectivity index (χ0n) is 16.7. The summed E-state index contributed by atoms with van der Waals surface area (Å²) in [6.45, 7) is 2.29. The van der Waals surface area contributed by atoms with E-state index in [0.717, 1.165) is 16.3 Å². The number of carboxylic acids is 1. The van der Waals surface area contributed by atoms with Gasteiger partial charge >= 0.3 is 5.97 Å². The zero-order chi connectivity index (χ0) is 21.5. The van der Waals surface area contributed by atoms with E-state index >= 15 is 0 Å². The van der Waals surface area contributed by atoms with E-state index in [9.17, 15) is 19.5 Å². The van der Waals surface area contributed by atoms with Gasteiger partial charge in [-0.3, -0.25) is 9.59 Å². The van der Waals surface area contributed by atoms with Gasteiger partial charge in [0, 0.05) is 17.7 Å². The first-order chi connectivity index (χ1) is 14.5. The number of aliphatic carboxylic acids is 1. The number of nitrogens with one attached hydrogen (secondary N) is 2. The molecule has 0 bridgehead atoms. The summed E-state index contributed by atoms with van der Waals surface area (Å²) in [5, 5.41) is 16.6. The molecule has 6 nitrogen and oxygen atoms in total. The Morgan fingerprint density at radius 2 is 1.53 bits per heavy atom. The Balaban J connectivity index is 1.59. The number of carboxylic acid groups (broad SMARTS) is 1. The minimum absolute atomic E-state index is 0.208. The highest BCUT2D eigenvalue weighted by molar-refractivity contribution is 6.08. The molecule has 3 N–H and O–H groups in total. The second-order valence-corrected chi connectivity index (χ2v) is 7.10. The number of carbonyl (C=O) groups is 3. The summed E-state index contributed by atoms with van der Waals surface area (Å²) in [6.07, 6.45) is 0.629. The molecule has 0 aliphatic heterocycles. The molecule has 0 saturated heterocycles. The van der Waals surface area contributed by atoms with Gasteiger partial charge in [0.05, 0.1) is 0 Å². The molecule has 1 atom stereocenters. The SMILES string of the molecule is Cc1ccc(C(=O)NC(CCCNC(=O)c2ccccc2)C(=O)O)c2ccccc12. The molecule has 0 spiro atoms. The van der Waals surface area contributed by atoms with Crippen molar-refractivity contribution in [3.63, 3.8) is 0 Å². The smallest absolute Gasteiger partial charge is 0.326 e. The van der Waals surface area contributed by atoms with E-state index in [0.29, 0.717) is 24.1 Å². The van der Waals surface area contributed by atoms with Crippen molar-refractivity contribution in [2.45, 2.75) is 25.8 Å². The first kappa shape index (κ1) is 21.0. The van der Waals surface area contributed by atoms with Crippen LogP contribution in [0.1, 0.15) is 39.1 Å². The second-order valence-electron chi connectivity index (χ2n) is 7.10. The quantitative estimate of drug-likeness (QED) is 0.501. The van der Waals surface area contributed by atoms with Crippen molar-refractivity contribution in [1.82, 2.24) is 10.6 Å². The van der Waals surface area contributed by atoms with Gasteiger partial charge in [-0.2, -0.15) is 0 Å². The molecule has 6 heteroatoms. The minimum Gasteiger partial charge on any atom is -0.480 e. The molecular weight excluding hydrogens is 380 g/mol. The van der Waals surface area contributed by atoms with Crippen molar-refractivity contribution in [1.29, 1.82) is 0 Å². The summed E-state index contributed by atoms with van der Waals surface area (Å²) in [5.74, 6) is -1.74. The van der Waals surface area contributed by atoms with Crippen LogP contribution in [0.3, 0.4) is 0 Å². The Morgan fingerprint density at radius 1 is 0.867 bits per heavy atom. The van der Waals surface area contributed by atoms with Crippen LogP contribution in [0, 0.1) is 6.92 Å². The van der Waals surface area contributed by atoms with Crippen LogP contribution < -0.4 is 10.6 Å². The lowest BCUT2D eigenvalue weighted by Crippen LogP contribution is -2.41. The van der Waals surface area contributed by atoms with Gasteiger partial charge in [0.1, 0.15) is 6.04 Å². The maximum Gasteiger partial charge on any atom is 0.326 e. The number of aryl methyl sites for hydroxylation is 1. The van der Waals surface area contributed by atoms with Gasteiger partial charge in [0.15, 0.2) is 0 Å². The Hall–Kier alpha value is -3.67. The number of hydrogen-bond donors (Lipinski definition) is 3. The Kier molecular flexibility index (Phi) is 6.80. The van der Waals surface area contributed by atoms with E-state index in [1.165, 1.54) is 0 Å². The minimum atomic E-state index is -1.10. The summed E-state index contributed by atoms with van der Waals surface area (Å²) in [5.41, 5.74) is 2.04. The first-order valence-corrected chi connectivity index (χ1v) is 9.82. The van der Waals surface area contributed by atoms with Crippen LogP contribution in [0.25, 0.3) is 10.8 Å². The number of rotatable bonds is 8. The number of amides is 2. The van der Waals surface area contributed by atoms with Crippen LogP contribution in [0.4, 0.5) is 0 Å². The molecule has 0 radical (unpaired) electrons. The Morgan fingerprint density at radius 3 is 2.23 bits per heavy atom. The molecule has 3 aromatic carbocycles. The van der Waals surface area contributed by atoms with Gasteiger partial charge in [-0.05, 0) is 54.3 Å². The summed E-state index contributed by atoms with van der Waals surface area (Å²) in [7, 11) is 0. The number of fused-ring (bicyclic) bond motifs is 1. The molecule has 0 fully saturated rings. The summed E-state index contributed by atoms with van der Waals surface area (Å²) < 4.78 is 0. The maximum atomic E-state index is 12.8.